The molecule has 0 saturated carbocycles. The highest BCUT2D eigenvalue weighted by Gasteiger charge is 2.27. The first kappa shape index (κ1) is 14.7. The summed E-state index contributed by atoms with van der Waals surface area (Å²) in [5.74, 6) is 0. The Morgan fingerprint density at radius 3 is 2.88 bits per heavy atom. The Morgan fingerprint density at radius 1 is 1.47 bits per heavy atom. The number of likely N-dealkylation sites (N-methyl/N-ethyl adjacent to an activating group) is 1. The topological polar surface area (TPSA) is 33.7 Å². The monoisotopic (exact) mass is 256 g/mol. The molecule has 0 aromatic rings. The van der Waals surface area contributed by atoms with Crippen LogP contribution in [0, 0.1) is 0 Å². The average molecular weight is 256 g/mol. The molecular formula is C10H19F3N2O2. The molecular weight excluding hydrogens is 237 g/mol. The molecule has 4 nitrogen and oxygen atoms in total. The molecule has 1 aliphatic rings. The average Bonchev–Trinajstić information content (AvgIpc) is 2.22. The Morgan fingerprint density at radius 2 is 2.24 bits per heavy atom. The molecule has 0 spiro atoms. The first-order chi connectivity index (χ1) is 7.97. The molecule has 0 radical (unpaired) electrons. The molecule has 1 rings (SSSR count). The minimum absolute atomic E-state index is 0.0576. The summed E-state index contributed by atoms with van der Waals surface area (Å²) in [6.07, 6.45) is -4.13. The van der Waals surface area contributed by atoms with Crippen molar-refractivity contribution in [2.45, 2.75) is 12.3 Å². The second-order valence-electron chi connectivity index (χ2n) is 4.13. The van der Waals surface area contributed by atoms with E-state index < -0.39 is 12.8 Å². The summed E-state index contributed by atoms with van der Waals surface area (Å²) < 4.78 is 45.1. The van der Waals surface area contributed by atoms with Crippen molar-refractivity contribution < 1.29 is 22.6 Å². The second kappa shape index (κ2) is 7.15. The van der Waals surface area contributed by atoms with Crippen LogP contribution in [-0.2, 0) is 9.47 Å². The highest BCUT2D eigenvalue weighted by molar-refractivity contribution is 4.70. The summed E-state index contributed by atoms with van der Waals surface area (Å²) >= 11 is 0. The Kier molecular flexibility index (Phi) is 6.18. The van der Waals surface area contributed by atoms with Gasteiger partial charge in [0.1, 0.15) is 6.61 Å². The highest BCUT2D eigenvalue weighted by atomic mass is 19.4. The van der Waals surface area contributed by atoms with E-state index in [1.54, 1.807) is 0 Å². The van der Waals surface area contributed by atoms with Crippen molar-refractivity contribution in [2.75, 3.05) is 53.0 Å². The van der Waals surface area contributed by atoms with Crippen molar-refractivity contribution in [3.63, 3.8) is 0 Å². The number of nitrogens with one attached hydrogen (secondary N) is 1. The molecule has 0 amide bonds. The number of rotatable bonds is 6. The van der Waals surface area contributed by atoms with Gasteiger partial charge in [0.2, 0.25) is 0 Å². The number of morpholine rings is 1. The predicted molar refractivity (Wildman–Crippen MR) is 57.0 cm³/mol. The van der Waals surface area contributed by atoms with E-state index >= 15 is 0 Å². The molecule has 0 bridgehead atoms. The smallest absolute Gasteiger partial charge is 0.374 e. The minimum Gasteiger partial charge on any atom is -0.374 e. The van der Waals surface area contributed by atoms with Gasteiger partial charge in [-0.05, 0) is 7.05 Å². The van der Waals surface area contributed by atoms with Crippen molar-refractivity contribution >= 4 is 0 Å². The summed E-state index contributed by atoms with van der Waals surface area (Å²) in [6.45, 7) is 2.38. The van der Waals surface area contributed by atoms with E-state index in [0.717, 1.165) is 13.1 Å². The lowest BCUT2D eigenvalue weighted by Gasteiger charge is -2.30. The van der Waals surface area contributed by atoms with Crippen molar-refractivity contribution in [3.05, 3.63) is 0 Å². The van der Waals surface area contributed by atoms with Crippen LogP contribution in [0.15, 0.2) is 0 Å². The number of halogens is 3. The number of alkyl halides is 3. The normalized spacial score (nSPS) is 22.9. The molecule has 7 heteroatoms. The van der Waals surface area contributed by atoms with Crippen molar-refractivity contribution in [1.29, 1.82) is 0 Å². The third-order valence-electron chi connectivity index (χ3n) is 2.40. The maximum Gasteiger partial charge on any atom is 0.411 e. The van der Waals surface area contributed by atoms with E-state index in [1.807, 2.05) is 7.05 Å². The fourth-order valence-corrected chi connectivity index (χ4v) is 1.59. The maximum atomic E-state index is 11.7. The fraction of sp³-hybridized carbons (Fsp3) is 1.00. The van der Waals surface area contributed by atoms with Crippen molar-refractivity contribution in [2.24, 2.45) is 0 Å². The van der Waals surface area contributed by atoms with Crippen LogP contribution in [0.25, 0.3) is 0 Å². The zero-order valence-electron chi connectivity index (χ0n) is 9.92. The van der Waals surface area contributed by atoms with Gasteiger partial charge in [0, 0.05) is 26.2 Å². The summed E-state index contributed by atoms with van der Waals surface area (Å²) in [7, 11) is 2.02. The molecule has 0 aromatic carbocycles. The van der Waals surface area contributed by atoms with Crippen LogP contribution in [0.2, 0.25) is 0 Å². The van der Waals surface area contributed by atoms with E-state index in [2.05, 4.69) is 15.0 Å². The van der Waals surface area contributed by atoms with Gasteiger partial charge in [-0.25, -0.2) is 0 Å². The SMILES string of the molecule is CN1CCOC(CNCCOCC(F)(F)F)C1. The Bertz CT molecular complexity index is 214. The van der Waals surface area contributed by atoms with Crippen LogP contribution in [0.5, 0.6) is 0 Å². The lowest BCUT2D eigenvalue weighted by molar-refractivity contribution is -0.173. The zero-order valence-corrected chi connectivity index (χ0v) is 9.92. The second-order valence-corrected chi connectivity index (χ2v) is 4.13. The van der Waals surface area contributed by atoms with Gasteiger partial charge in [-0.15, -0.1) is 0 Å². The minimum atomic E-state index is -4.24. The van der Waals surface area contributed by atoms with Crippen LogP contribution < -0.4 is 5.32 Å². The van der Waals surface area contributed by atoms with E-state index in [-0.39, 0.29) is 12.7 Å². The van der Waals surface area contributed by atoms with Gasteiger partial charge >= 0.3 is 6.18 Å². The molecule has 17 heavy (non-hydrogen) atoms. The van der Waals surface area contributed by atoms with E-state index in [1.165, 1.54) is 0 Å². The number of hydrogen-bond donors (Lipinski definition) is 1. The largest absolute Gasteiger partial charge is 0.411 e. The lowest BCUT2D eigenvalue weighted by atomic mass is 10.3. The Hall–Kier alpha value is -0.370. The molecule has 102 valence electrons. The van der Waals surface area contributed by atoms with Crippen molar-refractivity contribution in [3.8, 4) is 0 Å². The molecule has 0 aliphatic carbocycles. The molecule has 1 aliphatic heterocycles. The van der Waals surface area contributed by atoms with Gasteiger partial charge in [-0.2, -0.15) is 13.2 Å². The van der Waals surface area contributed by atoms with E-state index in [4.69, 9.17) is 4.74 Å². The Balaban J connectivity index is 1.93. The van der Waals surface area contributed by atoms with E-state index in [0.29, 0.717) is 19.7 Å². The summed E-state index contributed by atoms with van der Waals surface area (Å²) in [6, 6.07) is 0. The molecule has 1 heterocycles. The third-order valence-corrected chi connectivity index (χ3v) is 2.40. The number of nitrogens with zero attached hydrogens (tertiary/aromatic N) is 1. The molecule has 1 saturated heterocycles. The fourth-order valence-electron chi connectivity index (χ4n) is 1.59. The molecule has 1 unspecified atom stereocenters. The first-order valence-electron chi connectivity index (χ1n) is 5.63. The molecule has 1 fully saturated rings. The number of hydrogen-bond acceptors (Lipinski definition) is 4. The van der Waals surface area contributed by atoms with Gasteiger partial charge in [0.15, 0.2) is 0 Å². The van der Waals surface area contributed by atoms with Gasteiger partial charge in [-0.1, -0.05) is 0 Å². The van der Waals surface area contributed by atoms with Crippen LogP contribution >= 0.6 is 0 Å². The maximum absolute atomic E-state index is 11.7. The molecule has 0 aromatic heterocycles. The van der Waals surface area contributed by atoms with Gasteiger partial charge < -0.3 is 19.7 Å². The summed E-state index contributed by atoms with van der Waals surface area (Å²) in [5, 5.41) is 3.02. The van der Waals surface area contributed by atoms with Gasteiger partial charge in [-0.3, -0.25) is 0 Å². The van der Waals surface area contributed by atoms with Crippen LogP contribution in [-0.4, -0.2) is 70.2 Å². The number of ether oxygens (including phenoxy) is 2. The summed E-state index contributed by atoms with van der Waals surface area (Å²) in [5.41, 5.74) is 0. The third kappa shape index (κ3) is 7.54. The Labute approximate surface area is 99.1 Å². The highest BCUT2D eigenvalue weighted by Crippen LogP contribution is 2.13. The first-order valence-corrected chi connectivity index (χ1v) is 5.63. The molecule has 1 atom stereocenters. The zero-order chi connectivity index (χ0) is 12.7. The lowest BCUT2D eigenvalue weighted by Crippen LogP contribution is -2.45. The summed E-state index contributed by atoms with van der Waals surface area (Å²) in [4.78, 5) is 2.16. The van der Waals surface area contributed by atoms with Crippen LogP contribution in [0.4, 0.5) is 13.2 Å². The standard InChI is InChI=1S/C10H19F3N2O2/c1-15-3-5-17-9(7-15)6-14-2-4-16-8-10(11,12)13/h9,14H,2-8H2,1H3. The van der Waals surface area contributed by atoms with Crippen LogP contribution in [0.3, 0.4) is 0 Å². The van der Waals surface area contributed by atoms with Crippen LogP contribution in [0.1, 0.15) is 0 Å². The van der Waals surface area contributed by atoms with E-state index in [9.17, 15) is 13.2 Å². The quantitative estimate of drug-likeness (QED) is 0.701. The van der Waals surface area contributed by atoms with Gasteiger partial charge in [0.05, 0.1) is 19.3 Å². The van der Waals surface area contributed by atoms with Crippen molar-refractivity contribution in [1.82, 2.24) is 10.2 Å². The molecule has 1 N–H and O–H groups in total. The predicted octanol–water partition coefficient (Wildman–Crippen LogP) is 0.485. The van der Waals surface area contributed by atoms with Gasteiger partial charge in [0.25, 0.3) is 0 Å².